The number of carbonyl (C=O) groups excluding carboxylic acids is 2. The predicted molar refractivity (Wildman–Crippen MR) is 72.1 cm³/mol. The van der Waals surface area contributed by atoms with Gasteiger partial charge < -0.3 is 15.4 Å². The van der Waals surface area contributed by atoms with E-state index < -0.39 is 11.7 Å². The second-order valence-corrected chi connectivity index (χ2v) is 6.03. The van der Waals surface area contributed by atoms with Crippen LogP contribution in [-0.4, -0.2) is 34.3 Å². The molecule has 1 aromatic heterocycles. The third-order valence-electron chi connectivity index (χ3n) is 1.79. The Morgan fingerprint density at radius 1 is 1.32 bits per heavy atom. The molecule has 1 aromatic rings. The minimum atomic E-state index is -0.545. The van der Waals surface area contributed by atoms with E-state index in [-0.39, 0.29) is 18.9 Å². The third kappa shape index (κ3) is 6.70. The highest BCUT2D eigenvalue weighted by Gasteiger charge is 2.16. The lowest BCUT2D eigenvalue weighted by Crippen LogP contribution is -2.34. The van der Waals surface area contributed by atoms with Crippen LogP contribution in [0.2, 0.25) is 0 Å². The third-order valence-corrected chi connectivity index (χ3v) is 2.55. The van der Waals surface area contributed by atoms with Crippen molar-refractivity contribution in [2.24, 2.45) is 0 Å². The maximum Gasteiger partial charge on any atom is 0.407 e. The Bertz CT molecular complexity index is 453. The van der Waals surface area contributed by atoms with Gasteiger partial charge in [-0.25, -0.2) is 4.79 Å². The van der Waals surface area contributed by atoms with Crippen LogP contribution in [0.25, 0.3) is 0 Å². The van der Waals surface area contributed by atoms with Crippen LogP contribution in [0.4, 0.5) is 9.93 Å². The first-order valence-corrected chi connectivity index (χ1v) is 6.65. The van der Waals surface area contributed by atoms with Gasteiger partial charge in [-0.2, -0.15) is 0 Å². The molecule has 7 nitrogen and oxygen atoms in total. The Balaban J connectivity index is 2.22. The van der Waals surface area contributed by atoms with E-state index >= 15 is 0 Å². The number of nitrogens with zero attached hydrogens (tertiary/aromatic N) is 2. The van der Waals surface area contributed by atoms with Gasteiger partial charge >= 0.3 is 6.09 Å². The normalized spacial score (nSPS) is 10.9. The molecule has 0 aliphatic carbocycles. The quantitative estimate of drug-likeness (QED) is 0.878. The zero-order valence-electron chi connectivity index (χ0n) is 11.4. The molecule has 2 amide bonds. The maximum absolute atomic E-state index is 11.5. The fraction of sp³-hybridized carbons (Fsp3) is 0.636. The number of amides is 2. The van der Waals surface area contributed by atoms with Crippen molar-refractivity contribution in [3.8, 4) is 0 Å². The number of hydrogen-bond donors (Lipinski definition) is 2. The number of aryl methyl sites for hydroxylation is 1. The molecule has 0 spiro atoms. The fourth-order valence-electron chi connectivity index (χ4n) is 1.12. The SMILES string of the molecule is Cc1nnc(NC(=O)CCNC(=O)OC(C)(C)C)s1. The Labute approximate surface area is 115 Å². The fourth-order valence-corrected chi connectivity index (χ4v) is 1.73. The molecule has 19 heavy (non-hydrogen) atoms. The number of ether oxygens (including phenoxy) is 1. The van der Waals surface area contributed by atoms with Gasteiger partial charge in [0.2, 0.25) is 11.0 Å². The minimum absolute atomic E-state index is 0.151. The van der Waals surface area contributed by atoms with Crippen molar-refractivity contribution in [3.63, 3.8) is 0 Å². The summed E-state index contributed by atoms with van der Waals surface area (Å²) >= 11 is 1.30. The molecule has 0 unspecified atom stereocenters. The van der Waals surface area contributed by atoms with Crippen LogP contribution in [0.1, 0.15) is 32.2 Å². The summed E-state index contributed by atoms with van der Waals surface area (Å²) in [7, 11) is 0. The summed E-state index contributed by atoms with van der Waals surface area (Å²) in [4.78, 5) is 22.8. The van der Waals surface area contributed by atoms with Crippen LogP contribution < -0.4 is 10.6 Å². The zero-order valence-corrected chi connectivity index (χ0v) is 12.3. The molecule has 106 valence electrons. The number of hydrogen-bond acceptors (Lipinski definition) is 6. The smallest absolute Gasteiger partial charge is 0.407 e. The molecule has 8 heteroatoms. The average Bonchev–Trinajstić information content (AvgIpc) is 2.61. The van der Waals surface area contributed by atoms with Gasteiger partial charge in [-0.15, -0.1) is 10.2 Å². The van der Waals surface area contributed by atoms with E-state index in [1.54, 1.807) is 27.7 Å². The van der Waals surface area contributed by atoms with Crippen molar-refractivity contribution < 1.29 is 14.3 Å². The molecule has 0 bridgehead atoms. The van der Waals surface area contributed by atoms with E-state index in [2.05, 4.69) is 20.8 Å². The van der Waals surface area contributed by atoms with E-state index in [0.29, 0.717) is 5.13 Å². The molecule has 0 saturated heterocycles. The van der Waals surface area contributed by atoms with Crippen LogP contribution in [0, 0.1) is 6.92 Å². The van der Waals surface area contributed by atoms with Crippen molar-refractivity contribution in [2.45, 2.75) is 39.7 Å². The zero-order chi connectivity index (χ0) is 14.5. The summed E-state index contributed by atoms with van der Waals surface area (Å²) in [5, 5.41) is 13.9. The summed E-state index contributed by atoms with van der Waals surface area (Å²) in [6, 6.07) is 0. The first kappa shape index (κ1) is 15.4. The number of alkyl carbamates (subject to hydrolysis) is 1. The highest BCUT2D eigenvalue weighted by atomic mass is 32.1. The molecule has 2 N–H and O–H groups in total. The van der Waals surface area contributed by atoms with Gasteiger partial charge in [0.25, 0.3) is 0 Å². The summed E-state index contributed by atoms with van der Waals surface area (Å²) in [6.07, 6.45) is -0.384. The summed E-state index contributed by atoms with van der Waals surface area (Å²) in [5.41, 5.74) is -0.545. The molecule has 1 heterocycles. The average molecular weight is 286 g/mol. The number of nitrogens with one attached hydrogen (secondary N) is 2. The Morgan fingerprint density at radius 2 is 2.00 bits per heavy atom. The first-order valence-electron chi connectivity index (χ1n) is 5.83. The van der Waals surface area contributed by atoms with Crippen molar-refractivity contribution in [3.05, 3.63) is 5.01 Å². The molecule has 0 aliphatic heterocycles. The van der Waals surface area contributed by atoms with E-state index in [9.17, 15) is 9.59 Å². The van der Waals surface area contributed by atoms with Crippen molar-refractivity contribution >= 4 is 28.5 Å². The monoisotopic (exact) mass is 286 g/mol. The standard InChI is InChI=1S/C11H18N4O3S/c1-7-14-15-9(19-7)13-8(16)5-6-12-10(17)18-11(2,3)4/h5-6H2,1-4H3,(H,12,17)(H,13,15,16). The van der Waals surface area contributed by atoms with Gasteiger partial charge in [-0.1, -0.05) is 11.3 Å². The van der Waals surface area contributed by atoms with Crippen LogP contribution in [0.3, 0.4) is 0 Å². The number of aromatic nitrogens is 2. The van der Waals surface area contributed by atoms with E-state index in [1.165, 1.54) is 11.3 Å². The van der Waals surface area contributed by atoms with Gasteiger partial charge in [0.15, 0.2) is 0 Å². The minimum Gasteiger partial charge on any atom is -0.444 e. The summed E-state index contributed by atoms with van der Waals surface area (Å²) < 4.78 is 5.04. The van der Waals surface area contributed by atoms with Gasteiger partial charge in [0.1, 0.15) is 10.6 Å². The molecular formula is C11H18N4O3S. The van der Waals surface area contributed by atoms with E-state index in [1.807, 2.05) is 0 Å². The molecule has 0 atom stereocenters. The van der Waals surface area contributed by atoms with Gasteiger partial charge in [-0.05, 0) is 27.7 Å². The number of carbonyl (C=O) groups is 2. The topological polar surface area (TPSA) is 93.2 Å². The lowest BCUT2D eigenvalue weighted by Gasteiger charge is -2.19. The Hall–Kier alpha value is -1.70. The van der Waals surface area contributed by atoms with Gasteiger partial charge in [0.05, 0.1) is 0 Å². The van der Waals surface area contributed by atoms with Crippen LogP contribution in [0.5, 0.6) is 0 Å². The largest absolute Gasteiger partial charge is 0.444 e. The van der Waals surface area contributed by atoms with E-state index in [0.717, 1.165) is 5.01 Å². The molecule has 0 radical (unpaired) electrons. The molecular weight excluding hydrogens is 268 g/mol. The lowest BCUT2D eigenvalue weighted by atomic mass is 10.2. The lowest BCUT2D eigenvalue weighted by molar-refractivity contribution is -0.116. The van der Waals surface area contributed by atoms with Crippen molar-refractivity contribution in [1.29, 1.82) is 0 Å². The molecule has 0 saturated carbocycles. The second kappa shape index (κ2) is 6.46. The second-order valence-electron chi connectivity index (χ2n) is 4.85. The Morgan fingerprint density at radius 3 is 2.53 bits per heavy atom. The van der Waals surface area contributed by atoms with Gasteiger partial charge in [0, 0.05) is 13.0 Å². The summed E-state index contributed by atoms with van der Waals surface area (Å²) in [5.74, 6) is -0.229. The first-order chi connectivity index (χ1) is 8.76. The van der Waals surface area contributed by atoms with Crippen molar-refractivity contribution in [1.82, 2.24) is 15.5 Å². The van der Waals surface area contributed by atoms with Crippen LogP contribution in [0.15, 0.2) is 0 Å². The van der Waals surface area contributed by atoms with Gasteiger partial charge in [-0.3, -0.25) is 4.79 Å². The molecule has 1 rings (SSSR count). The maximum atomic E-state index is 11.5. The molecule has 0 aromatic carbocycles. The Kier molecular flexibility index (Phi) is 5.22. The predicted octanol–water partition coefficient (Wildman–Crippen LogP) is 1.70. The molecule has 0 fully saturated rings. The molecule has 0 aliphatic rings. The highest BCUT2D eigenvalue weighted by Crippen LogP contribution is 2.13. The summed E-state index contributed by atoms with van der Waals surface area (Å²) in [6.45, 7) is 7.33. The number of rotatable bonds is 4. The van der Waals surface area contributed by atoms with E-state index in [4.69, 9.17) is 4.74 Å². The number of anilines is 1. The van der Waals surface area contributed by atoms with Crippen LogP contribution >= 0.6 is 11.3 Å². The highest BCUT2D eigenvalue weighted by molar-refractivity contribution is 7.15. The van der Waals surface area contributed by atoms with Crippen LogP contribution in [-0.2, 0) is 9.53 Å². The van der Waals surface area contributed by atoms with Crippen molar-refractivity contribution in [2.75, 3.05) is 11.9 Å².